The minimum Gasteiger partial charge on any atom is -0.370 e. The molecular weight excluding hydrogens is 312 g/mol. The van der Waals surface area contributed by atoms with Crippen LogP contribution in [0.4, 0.5) is 5.69 Å². The monoisotopic (exact) mass is 332 g/mol. The van der Waals surface area contributed by atoms with Gasteiger partial charge in [-0.05, 0) is 37.1 Å². The van der Waals surface area contributed by atoms with E-state index in [0.29, 0.717) is 0 Å². The van der Waals surface area contributed by atoms with Gasteiger partial charge in [-0.2, -0.15) is 0 Å². The summed E-state index contributed by atoms with van der Waals surface area (Å²) >= 11 is 3.60. The number of nitrogens with two attached hydrogens (primary N) is 1. The van der Waals surface area contributed by atoms with Crippen LogP contribution in [0.5, 0.6) is 0 Å². The van der Waals surface area contributed by atoms with E-state index < -0.39 is 0 Å². The second-order valence-corrected chi connectivity index (χ2v) is 6.19. The molecule has 0 saturated heterocycles. The number of halogens is 1. The highest BCUT2D eigenvalue weighted by Gasteiger charge is 2.08. The van der Waals surface area contributed by atoms with Gasteiger partial charge in [-0.3, -0.25) is 0 Å². The van der Waals surface area contributed by atoms with Crippen molar-refractivity contribution in [2.24, 2.45) is 5.73 Å². The molecule has 2 rings (SSSR count). The Bertz CT molecular complexity index is 576. The lowest BCUT2D eigenvalue weighted by Crippen LogP contribution is -2.16. The summed E-state index contributed by atoms with van der Waals surface area (Å²) < 4.78 is 1.07. The van der Waals surface area contributed by atoms with Crippen molar-refractivity contribution in [3.05, 3.63) is 63.6 Å². The summed E-state index contributed by atoms with van der Waals surface area (Å²) in [6.07, 6.45) is 0. The van der Waals surface area contributed by atoms with Crippen LogP contribution in [0.1, 0.15) is 29.7 Å². The molecule has 0 spiro atoms. The molecule has 0 bridgehead atoms. The summed E-state index contributed by atoms with van der Waals surface area (Å²) in [5.74, 6) is 0. The smallest absolute Gasteiger partial charge is 0.0426 e. The maximum absolute atomic E-state index is 5.93. The summed E-state index contributed by atoms with van der Waals surface area (Å²) in [7, 11) is 2.10. The molecule has 1 atom stereocenters. The van der Waals surface area contributed by atoms with Crippen molar-refractivity contribution < 1.29 is 0 Å². The van der Waals surface area contributed by atoms with Crippen molar-refractivity contribution in [3.8, 4) is 0 Å². The van der Waals surface area contributed by atoms with Gasteiger partial charge in [0.1, 0.15) is 0 Å². The highest BCUT2D eigenvalue weighted by atomic mass is 79.9. The van der Waals surface area contributed by atoms with Gasteiger partial charge in [0, 0.05) is 29.8 Å². The molecule has 2 aromatic carbocycles. The molecule has 0 aliphatic carbocycles. The van der Waals surface area contributed by atoms with Crippen LogP contribution in [0.25, 0.3) is 0 Å². The first-order chi connectivity index (χ1) is 9.47. The molecule has 0 fully saturated rings. The SMILES string of the molecule is Cc1ccc(CN(C)c2ccc([C@@H](C)N)c(Br)c2)cc1. The number of aryl methyl sites for hydroxylation is 1. The Kier molecular flexibility index (Phi) is 4.84. The molecule has 0 aliphatic heterocycles. The van der Waals surface area contributed by atoms with Gasteiger partial charge in [0.2, 0.25) is 0 Å². The Morgan fingerprint density at radius 2 is 1.80 bits per heavy atom. The van der Waals surface area contributed by atoms with E-state index in [1.54, 1.807) is 0 Å². The summed E-state index contributed by atoms with van der Waals surface area (Å²) in [5, 5.41) is 0. The Morgan fingerprint density at radius 1 is 1.15 bits per heavy atom. The molecule has 0 saturated carbocycles. The second kappa shape index (κ2) is 6.42. The lowest BCUT2D eigenvalue weighted by Gasteiger charge is -2.21. The van der Waals surface area contributed by atoms with Crippen LogP contribution in [0.3, 0.4) is 0 Å². The lowest BCUT2D eigenvalue weighted by atomic mass is 10.1. The van der Waals surface area contributed by atoms with Crippen molar-refractivity contribution >= 4 is 21.6 Å². The van der Waals surface area contributed by atoms with E-state index in [0.717, 1.165) is 16.6 Å². The van der Waals surface area contributed by atoms with Crippen LogP contribution in [-0.2, 0) is 6.54 Å². The molecule has 3 heteroatoms. The zero-order valence-corrected chi connectivity index (χ0v) is 13.8. The fraction of sp³-hybridized carbons (Fsp3) is 0.294. The molecule has 0 unspecified atom stereocenters. The van der Waals surface area contributed by atoms with Gasteiger partial charge >= 0.3 is 0 Å². The summed E-state index contributed by atoms with van der Waals surface area (Å²) in [5.41, 5.74) is 10.9. The third-order valence-corrected chi connectivity index (χ3v) is 4.14. The quantitative estimate of drug-likeness (QED) is 0.898. The first kappa shape index (κ1) is 15.1. The number of hydrogen-bond donors (Lipinski definition) is 1. The summed E-state index contributed by atoms with van der Waals surface area (Å²) in [4.78, 5) is 2.24. The number of anilines is 1. The van der Waals surface area contributed by atoms with Gasteiger partial charge in [-0.15, -0.1) is 0 Å². The predicted octanol–water partition coefficient (Wildman–Crippen LogP) is 4.41. The van der Waals surface area contributed by atoms with Gasteiger partial charge in [0.15, 0.2) is 0 Å². The predicted molar refractivity (Wildman–Crippen MR) is 90.0 cm³/mol. The largest absolute Gasteiger partial charge is 0.370 e. The van der Waals surface area contributed by atoms with Crippen molar-refractivity contribution in [2.75, 3.05) is 11.9 Å². The molecule has 0 amide bonds. The van der Waals surface area contributed by atoms with Crippen LogP contribution in [-0.4, -0.2) is 7.05 Å². The van der Waals surface area contributed by atoms with E-state index in [9.17, 15) is 0 Å². The highest BCUT2D eigenvalue weighted by Crippen LogP contribution is 2.27. The fourth-order valence-corrected chi connectivity index (χ4v) is 2.91. The van der Waals surface area contributed by atoms with E-state index in [-0.39, 0.29) is 6.04 Å². The minimum atomic E-state index is 0.0424. The zero-order valence-electron chi connectivity index (χ0n) is 12.2. The Labute approximate surface area is 129 Å². The summed E-state index contributed by atoms with van der Waals surface area (Å²) in [6, 6.07) is 15.0. The average Bonchev–Trinajstić information content (AvgIpc) is 2.40. The van der Waals surface area contributed by atoms with E-state index in [1.807, 2.05) is 6.92 Å². The molecule has 0 heterocycles. The summed E-state index contributed by atoms with van der Waals surface area (Å²) in [6.45, 7) is 5.00. The normalized spacial score (nSPS) is 12.2. The van der Waals surface area contributed by atoms with Crippen LogP contribution >= 0.6 is 15.9 Å². The molecule has 2 nitrogen and oxygen atoms in total. The Hall–Kier alpha value is -1.32. The maximum atomic E-state index is 5.93. The first-order valence-electron chi connectivity index (χ1n) is 6.79. The molecular formula is C17H21BrN2. The van der Waals surface area contributed by atoms with Crippen molar-refractivity contribution in [2.45, 2.75) is 26.4 Å². The third-order valence-electron chi connectivity index (χ3n) is 3.46. The number of benzene rings is 2. The molecule has 20 heavy (non-hydrogen) atoms. The molecule has 2 aromatic rings. The molecule has 2 N–H and O–H groups in total. The zero-order chi connectivity index (χ0) is 14.7. The van der Waals surface area contributed by atoms with Gasteiger partial charge in [-0.1, -0.05) is 51.8 Å². The van der Waals surface area contributed by atoms with Crippen molar-refractivity contribution in [3.63, 3.8) is 0 Å². The van der Waals surface area contributed by atoms with Crippen molar-refractivity contribution in [1.29, 1.82) is 0 Å². The Balaban J connectivity index is 2.15. The molecule has 0 aliphatic rings. The van der Waals surface area contributed by atoms with Crippen LogP contribution in [0.2, 0.25) is 0 Å². The number of nitrogens with zero attached hydrogens (tertiary/aromatic N) is 1. The fourth-order valence-electron chi connectivity index (χ4n) is 2.18. The lowest BCUT2D eigenvalue weighted by molar-refractivity contribution is 0.812. The van der Waals surface area contributed by atoms with E-state index in [2.05, 4.69) is 77.3 Å². The van der Waals surface area contributed by atoms with Gasteiger partial charge in [0.25, 0.3) is 0 Å². The third kappa shape index (κ3) is 3.62. The standard InChI is InChI=1S/C17H21BrN2/c1-12-4-6-14(7-5-12)11-20(3)15-8-9-16(13(2)19)17(18)10-15/h4-10,13H,11,19H2,1-3H3/t13-/m1/s1. The van der Waals surface area contributed by atoms with Crippen LogP contribution < -0.4 is 10.6 Å². The molecule has 0 aromatic heterocycles. The van der Waals surface area contributed by atoms with Gasteiger partial charge in [0.05, 0.1) is 0 Å². The van der Waals surface area contributed by atoms with E-state index >= 15 is 0 Å². The van der Waals surface area contributed by atoms with E-state index in [1.165, 1.54) is 16.8 Å². The maximum Gasteiger partial charge on any atom is 0.0426 e. The minimum absolute atomic E-state index is 0.0424. The topological polar surface area (TPSA) is 29.3 Å². The molecule has 106 valence electrons. The van der Waals surface area contributed by atoms with Crippen molar-refractivity contribution in [1.82, 2.24) is 0 Å². The van der Waals surface area contributed by atoms with E-state index in [4.69, 9.17) is 5.73 Å². The van der Waals surface area contributed by atoms with Crippen LogP contribution in [0.15, 0.2) is 46.9 Å². The van der Waals surface area contributed by atoms with Gasteiger partial charge in [-0.25, -0.2) is 0 Å². The first-order valence-corrected chi connectivity index (χ1v) is 7.58. The number of rotatable bonds is 4. The second-order valence-electron chi connectivity index (χ2n) is 5.34. The van der Waals surface area contributed by atoms with Gasteiger partial charge < -0.3 is 10.6 Å². The van der Waals surface area contributed by atoms with Crippen LogP contribution in [0, 0.1) is 6.92 Å². The average molecular weight is 333 g/mol. The Morgan fingerprint density at radius 3 is 2.35 bits per heavy atom. The number of hydrogen-bond acceptors (Lipinski definition) is 2. The molecule has 0 radical (unpaired) electrons. The highest BCUT2D eigenvalue weighted by molar-refractivity contribution is 9.10.